The molecule has 0 spiro atoms. The molecule has 0 aliphatic carbocycles. The number of nitrogens with zero attached hydrogens (tertiary/aromatic N) is 3. The van der Waals surface area contributed by atoms with Crippen molar-refractivity contribution in [3.05, 3.63) is 76.3 Å². The van der Waals surface area contributed by atoms with Crippen molar-refractivity contribution in [2.75, 3.05) is 13.2 Å². The molecule has 0 saturated carbocycles. The van der Waals surface area contributed by atoms with Crippen molar-refractivity contribution in [2.24, 2.45) is 0 Å². The summed E-state index contributed by atoms with van der Waals surface area (Å²) in [5, 5.41) is 0. The van der Waals surface area contributed by atoms with Gasteiger partial charge in [0.25, 0.3) is 11.5 Å². The predicted octanol–water partition coefficient (Wildman–Crippen LogP) is 3.07. The summed E-state index contributed by atoms with van der Waals surface area (Å²) in [6, 6.07) is 13.1. The molecule has 1 amide bonds. The van der Waals surface area contributed by atoms with Gasteiger partial charge >= 0.3 is 0 Å². The van der Waals surface area contributed by atoms with Crippen LogP contribution in [0.3, 0.4) is 0 Å². The van der Waals surface area contributed by atoms with E-state index in [0.717, 1.165) is 24.2 Å². The lowest BCUT2D eigenvalue weighted by atomic mass is 10.0. The minimum absolute atomic E-state index is 0.0379. The van der Waals surface area contributed by atoms with Gasteiger partial charge in [-0.15, -0.1) is 0 Å². The Kier molecular flexibility index (Phi) is 4.62. The number of hydrogen-bond acceptors (Lipinski definition) is 4. The van der Waals surface area contributed by atoms with Crippen LogP contribution in [-0.4, -0.2) is 33.3 Å². The summed E-state index contributed by atoms with van der Waals surface area (Å²) in [5.74, 6) is 0.552. The van der Waals surface area contributed by atoms with Gasteiger partial charge in [-0.25, -0.2) is 4.98 Å². The first kappa shape index (κ1) is 17.3. The molecule has 1 aliphatic rings. The number of amides is 1. The van der Waals surface area contributed by atoms with Gasteiger partial charge in [0.05, 0.1) is 12.6 Å². The third kappa shape index (κ3) is 3.18. The molecule has 138 valence electrons. The molecule has 4 rings (SSSR count). The lowest BCUT2D eigenvalue weighted by Crippen LogP contribution is -2.35. The number of aromatic nitrogens is 2. The van der Waals surface area contributed by atoms with Gasteiger partial charge in [0, 0.05) is 18.9 Å². The molecule has 1 aliphatic heterocycles. The highest BCUT2D eigenvalue weighted by Gasteiger charge is 2.32. The Labute approximate surface area is 157 Å². The maximum Gasteiger partial charge on any atom is 0.270 e. The van der Waals surface area contributed by atoms with Gasteiger partial charge in [0.15, 0.2) is 0 Å². The standard InChI is InChI=1S/C21H21N3O3/c1-2-27-16-10-8-15(9-11-16)18-6-5-13-23(18)20(25)17-14-22-19-7-3-4-12-24(19)21(17)26/h3-4,7-12,14,18H,2,5-6,13H2,1H3. The van der Waals surface area contributed by atoms with Crippen LogP contribution in [0, 0.1) is 0 Å². The van der Waals surface area contributed by atoms with Crippen molar-refractivity contribution in [3.8, 4) is 5.75 Å². The van der Waals surface area contributed by atoms with Crippen molar-refractivity contribution in [2.45, 2.75) is 25.8 Å². The number of hydrogen-bond donors (Lipinski definition) is 0. The van der Waals surface area contributed by atoms with Crippen molar-refractivity contribution >= 4 is 11.6 Å². The fraction of sp³-hybridized carbons (Fsp3) is 0.286. The number of pyridine rings is 1. The molecule has 6 nitrogen and oxygen atoms in total. The monoisotopic (exact) mass is 363 g/mol. The molecule has 3 aromatic rings. The molecule has 0 radical (unpaired) electrons. The molecule has 3 heterocycles. The summed E-state index contributed by atoms with van der Waals surface area (Å²) in [6.45, 7) is 3.20. The molecule has 27 heavy (non-hydrogen) atoms. The Morgan fingerprint density at radius 2 is 2.04 bits per heavy atom. The number of benzene rings is 1. The second-order valence-corrected chi connectivity index (χ2v) is 6.56. The average Bonchev–Trinajstić information content (AvgIpc) is 3.19. The van der Waals surface area contributed by atoms with E-state index in [0.29, 0.717) is 18.8 Å². The molecule has 1 atom stereocenters. The summed E-state index contributed by atoms with van der Waals surface area (Å²) in [4.78, 5) is 31.9. The molecule has 0 N–H and O–H groups in total. The van der Waals surface area contributed by atoms with E-state index in [1.807, 2.05) is 37.3 Å². The van der Waals surface area contributed by atoms with Gasteiger partial charge < -0.3 is 9.64 Å². The number of fused-ring (bicyclic) bond motifs is 1. The highest BCUT2D eigenvalue weighted by Crippen LogP contribution is 2.33. The maximum atomic E-state index is 13.1. The summed E-state index contributed by atoms with van der Waals surface area (Å²) in [6.07, 6.45) is 4.82. The van der Waals surface area contributed by atoms with Crippen LogP contribution in [0.1, 0.15) is 41.7 Å². The first-order chi connectivity index (χ1) is 13.2. The van der Waals surface area contributed by atoms with E-state index in [1.54, 1.807) is 23.2 Å². The molecule has 1 aromatic carbocycles. The predicted molar refractivity (Wildman–Crippen MR) is 102 cm³/mol. The van der Waals surface area contributed by atoms with Gasteiger partial charge in [-0.2, -0.15) is 0 Å². The highest BCUT2D eigenvalue weighted by atomic mass is 16.5. The van der Waals surface area contributed by atoms with Crippen LogP contribution in [-0.2, 0) is 0 Å². The van der Waals surface area contributed by atoms with Gasteiger partial charge in [0.1, 0.15) is 17.0 Å². The van der Waals surface area contributed by atoms with E-state index >= 15 is 0 Å². The fourth-order valence-corrected chi connectivity index (χ4v) is 3.64. The van der Waals surface area contributed by atoms with Gasteiger partial charge in [-0.05, 0) is 49.6 Å². The van der Waals surface area contributed by atoms with E-state index in [-0.39, 0.29) is 23.1 Å². The van der Waals surface area contributed by atoms with Gasteiger partial charge in [-0.3, -0.25) is 14.0 Å². The van der Waals surface area contributed by atoms with E-state index in [4.69, 9.17) is 4.74 Å². The van der Waals surface area contributed by atoms with Crippen LogP contribution in [0.15, 0.2) is 59.7 Å². The normalized spacial score (nSPS) is 16.6. The van der Waals surface area contributed by atoms with Crippen molar-refractivity contribution < 1.29 is 9.53 Å². The lowest BCUT2D eigenvalue weighted by Gasteiger charge is -2.25. The Bertz CT molecular complexity index is 1030. The van der Waals surface area contributed by atoms with E-state index in [1.165, 1.54) is 10.6 Å². The number of likely N-dealkylation sites (tertiary alicyclic amines) is 1. The Balaban J connectivity index is 1.65. The number of carbonyl (C=O) groups is 1. The van der Waals surface area contributed by atoms with Crippen LogP contribution in [0.5, 0.6) is 5.75 Å². The zero-order valence-corrected chi connectivity index (χ0v) is 15.2. The highest BCUT2D eigenvalue weighted by molar-refractivity contribution is 5.94. The smallest absolute Gasteiger partial charge is 0.270 e. The van der Waals surface area contributed by atoms with Crippen LogP contribution in [0.25, 0.3) is 5.65 Å². The molecular weight excluding hydrogens is 342 g/mol. The molecule has 0 bridgehead atoms. The number of rotatable bonds is 4. The zero-order chi connectivity index (χ0) is 18.8. The minimum atomic E-state index is -0.331. The first-order valence-electron chi connectivity index (χ1n) is 9.19. The van der Waals surface area contributed by atoms with Crippen LogP contribution in [0.2, 0.25) is 0 Å². The van der Waals surface area contributed by atoms with Crippen molar-refractivity contribution in [1.29, 1.82) is 0 Å². The summed E-state index contributed by atoms with van der Waals surface area (Å²) < 4.78 is 6.90. The first-order valence-corrected chi connectivity index (χ1v) is 9.19. The van der Waals surface area contributed by atoms with Crippen LogP contribution in [0.4, 0.5) is 0 Å². The van der Waals surface area contributed by atoms with Crippen molar-refractivity contribution in [1.82, 2.24) is 14.3 Å². The Morgan fingerprint density at radius 1 is 1.22 bits per heavy atom. The maximum absolute atomic E-state index is 13.1. The SMILES string of the molecule is CCOc1ccc(C2CCCN2C(=O)c2cnc3ccccn3c2=O)cc1. The fourth-order valence-electron chi connectivity index (χ4n) is 3.64. The third-order valence-corrected chi connectivity index (χ3v) is 4.93. The molecule has 1 saturated heterocycles. The number of ether oxygens (including phenoxy) is 1. The van der Waals surface area contributed by atoms with E-state index in [2.05, 4.69) is 4.98 Å². The van der Waals surface area contributed by atoms with Gasteiger partial charge in [-0.1, -0.05) is 18.2 Å². The Morgan fingerprint density at radius 3 is 2.81 bits per heavy atom. The average molecular weight is 363 g/mol. The second-order valence-electron chi connectivity index (χ2n) is 6.56. The molecular formula is C21H21N3O3. The van der Waals surface area contributed by atoms with Crippen molar-refractivity contribution in [3.63, 3.8) is 0 Å². The minimum Gasteiger partial charge on any atom is -0.494 e. The Hall–Kier alpha value is -3.15. The quantitative estimate of drug-likeness (QED) is 0.715. The van der Waals surface area contributed by atoms with Crippen LogP contribution < -0.4 is 10.3 Å². The zero-order valence-electron chi connectivity index (χ0n) is 15.2. The summed E-state index contributed by atoms with van der Waals surface area (Å²) >= 11 is 0. The molecule has 2 aromatic heterocycles. The topological polar surface area (TPSA) is 63.9 Å². The lowest BCUT2D eigenvalue weighted by molar-refractivity contribution is 0.0733. The van der Waals surface area contributed by atoms with Gasteiger partial charge in [0.2, 0.25) is 0 Å². The van der Waals surface area contributed by atoms with E-state index < -0.39 is 0 Å². The third-order valence-electron chi connectivity index (χ3n) is 4.93. The largest absolute Gasteiger partial charge is 0.494 e. The number of carbonyl (C=O) groups excluding carboxylic acids is 1. The second kappa shape index (κ2) is 7.23. The molecule has 6 heteroatoms. The molecule has 1 unspecified atom stereocenters. The van der Waals surface area contributed by atoms with E-state index in [9.17, 15) is 9.59 Å². The summed E-state index contributed by atoms with van der Waals surface area (Å²) in [7, 11) is 0. The van der Waals surface area contributed by atoms with Crippen LogP contribution >= 0.6 is 0 Å². The molecule has 1 fully saturated rings. The summed E-state index contributed by atoms with van der Waals surface area (Å²) in [5.41, 5.74) is 1.36.